The van der Waals surface area contributed by atoms with Gasteiger partial charge in [-0.05, 0) is 42.5 Å². The molecule has 1 heterocycles. The largest absolute Gasteiger partial charge is 0.478 e. The highest BCUT2D eigenvalue weighted by molar-refractivity contribution is 7.93. The molecule has 0 aliphatic rings. The minimum atomic E-state index is -4.26. The third kappa shape index (κ3) is 4.60. The van der Waals surface area contributed by atoms with Crippen molar-refractivity contribution in [1.29, 1.82) is 0 Å². The zero-order chi connectivity index (χ0) is 21.4. The van der Waals surface area contributed by atoms with Crippen molar-refractivity contribution >= 4 is 42.9 Å². The van der Waals surface area contributed by atoms with Crippen LogP contribution >= 0.6 is 11.3 Å². The molecule has 12 heteroatoms. The number of rotatable bonds is 6. The standard InChI is InChI=1S/C17H13FN2O6S3/c1-28(23,24)14-8-11(17(21)22)4-7-13(14)20-29(25,26)15-9-27-16(19-15)10-2-5-12(18)6-3-10/h2-9,20H,1H3,(H,21,22). The highest BCUT2D eigenvalue weighted by atomic mass is 32.2. The lowest BCUT2D eigenvalue weighted by Crippen LogP contribution is -2.16. The summed E-state index contributed by atoms with van der Waals surface area (Å²) in [5.74, 6) is -1.80. The molecule has 0 saturated carbocycles. The first-order valence-corrected chi connectivity index (χ1v) is 12.0. The minimum Gasteiger partial charge on any atom is -0.478 e. The average Bonchev–Trinajstić information content (AvgIpc) is 3.12. The van der Waals surface area contributed by atoms with Gasteiger partial charge >= 0.3 is 5.97 Å². The molecule has 3 rings (SSSR count). The zero-order valence-corrected chi connectivity index (χ0v) is 17.1. The number of thiazole rings is 1. The third-order valence-electron chi connectivity index (χ3n) is 3.72. The summed E-state index contributed by atoms with van der Waals surface area (Å²) in [6.45, 7) is 0. The molecule has 0 aliphatic carbocycles. The number of nitrogens with zero attached hydrogens (tertiary/aromatic N) is 1. The van der Waals surface area contributed by atoms with Crippen LogP contribution in [0.5, 0.6) is 0 Å². The van der Waals surface area contributed by atoms with Gasteiger partial charge in [0.1, 0.15) is 10.8 Å². The van der Waals surface area contributed by atoms with Crippen LogP contribution in [-0.2, 0) is 19.9 Å². The summed E-state index contributed by atoms with van der Waals surface area (Å²) in [5, 5.41) is 10.3. The van der Waals surface area contributed by atoms with E-state index in [2.05, 4.69) is 9.71 Å². The molecule has 0 spiro atoms. The summed E-state index contributed by atoms with van der Waals surface area (Å²) >= 11 is 1.01. The molecule has 2 aromatic carbocycles. The number of nitrogens with one attached hydrogen (secondary N) is 1. The Morgan fingerprint density at radius 3 is 2.34 bits per heavy atom. The van der Waals surface area contributed by atoms with Crippen molar-refractivity contribution in [2.45, 2.75) is 9.92 Å². The van der Waals surface area contributed by atoms with Gasteiger partial charge in [-0.2, -0.15) is 8.42 Å². The Bertz CT molecular complexity index is 1300. The van der Waals surface area contributed by atoms with Gasteiger partial charge in [-0.25, -0.2) is 22.6 Å². The second kappa shape index (κ2) is 7.54. The first kappa shape index (κ1) is 20.9. The average molecular weight is 456 g/mol. The molecular weight excluding hydrogens is 443 g/mol. The number of carboxylic acids is 1. The number of hydrogen-bond acceptors (Lipinski definition) is 7. The monoisotopic (exact) mass is 456 g/mol. The van der Waals surface area contributed by atoms with Crippen molar-refractivity contribution in [2.24, 2.45) is 0 Å². The number of aromatic nitrogens is 1. The minimum absolute atomic E-state index is 0.297. The molecule has 152 valence electrons. The molecule has 0 radical (unpaired) electrons. The number of hydrogen-bond donors (Lipinski definition) is 2. The maximum atomic E-state index is 13.0. The van der Waals surface area contributed by atoms with E-state index in [0.717, 1.165) is 35.8 Å². The van der Waals surface area contributed by atoms with Gasteiger partial charge < -0.3 is 5.11 Å². The number of halogens is 1. The SMILES string of the molecule is CS(=O)(=O)c1cc(C(=O)O)ccc1NS(=O)(=O)c1csc(-c2ccc(F)cc2)n1. The predicted octanol–water partition coefficient (Wildman–Crippen LogP) is 2.85. The van der Waals surface area contributed by atoms with Gasteiger partial charge in [-0.1, -0.05) is 0 Å². The van der Waals surface area contributed by atoms with Gasteiger partial charge in [-0.15, -0.1) is 11.3 Å². The summed E-state index contributed by atoms with van der Waals surface area (Å²) in [6.07, 6.45) is 0.835. The van der Waals surface area contributed by atoms with Gasteiger partial charge in [0.25, 0.3) is 10.0 Å². The Hall–Kier alpha value is -2.83. The topological polar surface area (TPSA) is 130 Å². The summed E-state index contributed by atoms with van der Waals surface area (Å²) < 4.78 is 64.5. The van der Waals surface area contributed by atoms with Crippen LogP contribution < -0.4 is 4.72 Å². The number of carboxylic acid groups (broad SMARTS) is 1. The van der Waals surface area contributed by atoms with E-state index in [1.54, 1.807) is 0 Å². The van der Waals surface area contributed by atoms with Crippen LogP contribution in [0.25, 0.3) is 10.6 Å². The van der Waals surface area contributed by atoms with Crippen LogP contribution in [0.3, 0.4) is 0 Å². The summed E-state index contributed by atoms with van der Waals surface area (Å²) in [7, 11) is -8.19. The van der Waals surface area contributed by atoms with Crippen LogP contribution in [0.2, 0.25) is 0 Å². The van der Waals surface area contributed by atoms with Crippen LogP contribution in [0.4, 0.5) is 10.1 Å². The smallest absolute Gasteiger partial charge is 0.335 e. The quantitative estimate of drug-likeness (QED) is 0.583. The fourth-order valence-corrected chi connectivity index (χ4v) is 5.46. The van der Waals surface area contributed by atoms with E-state index in [9.17, 15) is 26.0 Å². The normalized spacial score (nSPS) is 11.9. The second-order valence-corrected chi connectivity index (χ2v) is 10.4. The Labute approximate surface area is 169 Å². The highest BCUT2D eigenvalue weighted by Gasteiger charge is 2.24. The van der Waals surface area contributed by atoms with Crippen molar-refractivity contribution in [3.8, 4) is 10.6 Å². The van der Waals surface area contributed by atoms with E-state index in [1.807, 2.05) is 0 Å². The van der Waals surface area contributed by atoms with E-state index in [1.165, 1.54) is 29.6 Å². The number of benzene rings is 2. The number of sulfonamides is 1. The predicted molar refractivity (Wildman–Crippen MR) is 105 cm³/mol. The van der Waals surface area contributed by atoms with Crippen molar-refractivity contribution in [1.82, 2.24) is 4.98 Å². The maximum Gasteiger partial charge on any atom is 0.335 e. The first-order valence-electron chi connectivity index (χ1n) is 7.79. The van der Waals surface area contributed by atoms with E-state index >= 15 is 0 Å². The highest BCUT2D eigenvalue weighted by Crippen LogP contribution is 2.29. The molecule has 0 fully saturated rings. The van der Waals surface area contributed by atoms with Gasteiger partial charge in [-0.3, -0.25) is 4.72 Å². The van der Waals surface area contributed by atoms with Gasteiger partial charge in [0.05, 0.1) is 16.1 Å². The van der Waals surface area contributed by atoms with Crippen LogP contribution in [0, 0.1) is 5.82 Å². The fraction of sp³-hybridized carbons (Fsp3) is 0.0588. The molecule has 0 saturated heterocycles. The molecule has 1 aromatic heterocycles. The molecule has 0 bridgehead atoms. The Morgan fingerprint density at radius 1 is 1.10 bits per heavy atom. The summed E-state index contributed by atoms with van der Waals surface area (Å²) in [5.41, 5.74) is -0.0880. The van der Waals surface area contributed by atoms with Gasteiger partial charge in [0, 0.05) is 17.2 Å². The summed E-state index contributed by atoms with van der Waals surface area (Å²) in [4.78, 5) is 14.6. The number of aromatic carboxylic acids is 1. The molecule has 0 amide bonds. The van der Waals surface area contributed by atoms with Crippen LogP contribution in [0.15, 0.2) is 57.8 Å². The first-order chi connectivity index (χ1) is 13.5. The Balaban J connectivity index is 1.98. The lowest BCUT2D eigenvalue weighted by molar-refractivity contribution is 0.0696. The molecular formula is C17H13FN2O6S3. The number of carbonyl (C=O) groups is 1. The lowest BCUT2D eigenvalue weighted by Gasteiger charge is -2.11. The second-order valence-electron chi connectivity index (χ2n) is 5.89. The zero-order valence-electron chi connectivity index (χ0n) is 14.7. The molecule has 0 atom stereocenters. The van der Waals surface area contributed by atoms with Gasteiger partial charge in [0.15, 0.2) is 14.9 Å². The molecule has 0 unspecified atom stereocenters. The van der Waals surface area contributed by atoms with E-state index in [-0.39, 0.29) is 16.3 Å². The van der Waals surface area contributed by atoms with E-state index in [0.29, 0.717) is 10.6 Å². The maximum absolute atomic E-state index is 13.0. The van der Waals surface area contributed by atoms with Gasteiger partial charge in [0.2, 0.25) is 0 Å². The Morgan fingerprint density at radius 2 is 1.76 bits per heavy atom. The van der Waals surface area contributed by atoms with E-state index < -0.39 is 36.5 Å². The van der Waals surface area contributed by atoms with Crippen LogP contribution in [0.1, 0.15) is 10.4 Å². The summed E-state index contributed by atoms with van der Waals surface area (Å²) in [6, 6.07) is 8.34. The number of anilines is 1. The molecule has 8 nitrogen and oxygen atoms in total. The Kier molecular flexibility index (Phi) is 5.43. The third-order valence-corrected chi connectivity index (χ3v) is 7.15. The van der Waals surface area contributed by atoms with E-state index in [4.69, 9.17) is 5.11 Å². The number of sulfone groups is 1. The van der Waals surface area contributed by atoms with Crippen molar-refractivity contribution < 1.29 is 31.1 Å². The van der Waals surface area contributed by atoms with Crippen molar-refractivity contribution in [2.75, 3.05) is 11.0 Å². The van der Waals surface area contributed by atoms with Crippen molar-refractivity contribution in [3.63, 3.8) is 0 Å². The molecule has 2 N–H and O–H groups in total. The molecule has 0 aliphatic heterocycles. The van der Waals surface area contributed by atoms with Crippen molar-refractivity contribution in [3.05, 3.63) is 59.2 Å². The molecule has 3 aromatic rings. The fourth-order valence-electron chi connectivity index (χ4n) is 2.35. The molecule has 29 heavy (non-hydrogen) atoms. The lowest BCUT2D eigenvalue weighted by atomic mass is 10.2. The van der Waals surface area contributed by atoms with Crippen LogP contribution in [-0.4, -0.2) is 39.2 Å².